The first-order chi connectivity index (χ1) is 12.1. The molecule has 0 spiro atoms. The highest BCUT2D eigenvalue weighted by molar-refractivity contribution is 6.07. The molecule has 25 heavy (non-hydrogen) atoms. The van der Waals surface area contributed by atoms with Crippen LogP contribution in [0.1, 0.15) is 22.3 Å². The molecule has 0 aliphatic heterocycles. The maximum absolute atomic E-state index is 12.6. The standard InChI is InChI=1S/C20H19N3O2/c21-19(24)18(11-10-14-6-2-1-3-7-14)23-20(25)16-12-13-22-17-9-5-4-8-15(16)17/h1-9,12-13,18H,10-11H2,(H2,21,24)(H,23,25)/t18-/m0/s1. The quantitative estimate of drug-likeness (QED) is 0.726. The molecule has 126 valence electrons. The summed E-state index contributed by atoms with van der Waals surface area (Å²) in [5.74, 6) is -0.863. The summed E-state index contributed by atoms with van der Waals surface area (Å²) in [5, 5.41) is 3.50. The number of para-hydroxylation sites is 1. The van der Waals surface area contributed by atoms with E-state index in [9.17, 15) is 9.59 Å². The molecule has 0 saturated carbocycles. The number of fused-ring (bicyclic) bond motifs is 1. The van der Waals surface area contributed by atoms with E-state index in [1.165, 1.54) is 0 Å². The number of carbonyl (C=O) groups excluding carboxylic acids is 2. The molecule has 5 heteroatoms. The minimum absolute atomic E-state index is 0.324. The van der Waals surface area contributed by atoms with Crippen LogP contribution in [0.25, 0.3) is 10.9 Å². The number of nitrogens with two attached hydrogens (primary N) is 1. The summed E-state index contributed by atoms with van der Waals surface area (Å²) in [5.41, 5.74) is 7.78. The Morgan fingerprint density at radius 1 is 1.00 bits per heavy atom. The lowest BCUT2D eigenvalue weighted by molar-refractivity contribution is -0.120. The summed E-state index contributed by atoms with van der Waals surface area (Å²) in [6.07, 6.45) is 2.69. The zero-order valence-corrected chi connectivity index (χ0v) is 13.7. The van der Waals surface area contributed by atoms with Gasteiger partial charge in [-0.2, -0.15) is 0 Å². The van der Waals surface area contributed by atoms with Crippen LogP contribution in [-0.4, -0.2) is 22.8 Å². The van der Waals surface area contributed by atoms with Crippen LogP contribution in [-0.2, 0) is 11.2 Å². The Morgan fingerprint density at radius 2 is 1.72 bits per heavy atom. The van der Waals surface area contributed by atoms with Crippen LogP contribution in [0.2, 0.25) is 0 Å². The van der Waals surface area contributed by atoms with Crippen LogP contribution in [0.15, 0.2) is 66.9 Å². The SMILES string of the molecule is NC(=O)[C@H](CCc1ccccc1)NC(=O)c1ccnc2ccccc12. The number of aryl methyl sites for hydroxylation is 1. The average molecular weight is 333 g/mol. The molecule has 0 aliphatic rings. The van der Waals surface area contributed by atoms with Crippen LogP contribution in [0, 0.1) is 0 Å². The molecule has 0 bridgehead atoms. The first kappa shape index (κ1) is 16.6. The zero-order valence-electron chi connectivity index (χ0n) is 13.7. The lowest BCUT2D eigenvalue weighted by atomic mass is 10.0. The number of aromatic nitrogens is 1. The van der Waals surface area contributed by atoms with Crippen molar-refractivity contribution in [3.05, 3.63) is 78.0 Å². The number of amides is 2. The Kier molecular flexibility index (Phi) is 5.04. The lowest BCUT2D eigenvalue weighted by Gasteiger charge is -2.16. The summed E-state index contributed by atoms with van der Waals surface area (Å²) >= 11 is 0. The Morgan fingerprint density at radius 3 is 2.48 bits per heavy atom. The van der Waals surface area contributed by atoms with Gasteiger partial charge in [-0.05, 0) is 30.5 Å². The molecule has 1 heterocycles. The number of carbonyl (C=O) groups is 2. The van der Waals surface area contributed by atoms with E-state index in [-0.39, 0.29) is 5.91 Å². The van der Waals surface area contributed by atoms with Gasteiger partial charge in [-0.3, -0.25) is 14.6 Å². The molecule has 2 aromatic carbocycles. The van der Waals surface area contributed by atoms with Crippen LogP contribution in [0.4, 0.5) is 0 Å². The number of nitrogens with zero attached hydrogens (tertiary/aromatic N) is 1. The van der Waals surface area contributed by atoms with Crippen LogP contribution in [0.5, 0.6) is 0 Å². The number of primary amides is 1. The fourth-order valence-corrected chi connectivity index (χ4v) is 2.77. The molecule has 3 rings (SSSR count). The fourth-order valence-electron chi connectivity index (χ4n) is 2.77. The second kappa shape index (κ2) is 7.57. The van der Waals surface area contributed by atoms with Gasteiger partial charge in [0.15, 0.2) is 0 Å². The Balaban J connectivity index is 1.75. The second-order valence-electron chi connectivity index (χ2n) is 5.83. The van der Waals surface area contributed by atoms with Gasteiger partial charge in [0, 0.05) is 11.6 Å². The van der Waals surface area contributed by atoms with Crippen molar-refractivity contribution in [2.45, 2.75) is 18.9 Å². The Hall–Kier alpha value is -3.21. The van der Waals surface area contributed by atoms with Crippen molar-refractivity contribution in [3.63, 3.8) is 0 Å². The van der Waals surface area contributed by atoms with Gasteiger partial charge in [0.25, 0.3) is 5.91 Å². The summed E-state index contributed by atoms with van der Waals surface area (Å²) in [6, 6.07) is 18.1. The van der Waals surface area contributed by atoms with Crippen molar-refractivity contribution in [3.8, 4) is 0 Å². The molecule has 3 N–H and O–H groups in total. The minimum atomic E-state index is -0.723. The Bertz CT molecular complexity index is 888. The molecule has 2 amide bonds. The maximum atomic E-state index is 12.6. The lowest BCUT2D eigenvalue weighted by Crippen LogP contribution is -2.44. The fraction of sp³-hybridized carbons (Fsp3) is 0.150. The first-order valence-corrected chi connectivity index (χ1v) is 8.13. The zero-order chi connectivity index (χ0) is 17.6. The number of rotatable bonds is 6. The van der Waals surface area contributed by atoms with Crippen molar-refractivity contribution in [2.24, 2.45) is 5.73 Å². The van der Waals surface area contributed by atoms with Crippen molar-refractivity contribution in [2.75, 3.05) is 0 Å². The molecule has 0 saturated heterocycles. The van der Waals surface area contributed by atoms with Gasteiger partial charge >= 0.3 is 0 Å². The van der Waals surface area contributed by atoms with Gasteiger partial charge in [-0.15, -0.1) is 0 Å². The number of nitrogens with one attached hydrogen (secondary N) is 1. The number of pyridine rings is 1. The summed E-state index contributed by atoms with van der Waals surface area (Å²) in [4.78, 5) is 28.6. The highest BCUT2D eigenvalue weighted by Gasteiger charge is 2.20. The molecule has 0 aliphatic carbocycles. The third kappa shape index (κ3) is 4.01. The molecule has 0 unspecified atom stereocenters. The topological polar surface area (TPSA) is 85.1 Å². The predicted molar refractivity (Wildman–Crippen MR) is 97.0 cm³/mol. The van der Waals surface area contributed by atoms with Gasteiger partial charge in [-0.25, -0.2) is 0 Å². The molecular weight excluding hydrogens is 314 g/mol. The summed E-state index contributed by atoms with van der Waals surface area (Å²) in [6.45, 7) is 0. The van der Waals surface area contributed by atoms with Gasteiger partial charge in [0.1, 0.15) is 6.04 Å². The van der Waals surface area contributed by atoms with E-state index in [0.29, 0.717) is 18.4 Å². The number of benzene rings is 2. The largest absolute Gasteiger partial charge is 0.368 e. The molecule has 1 aromatic heterocycles. The van der Waals surface area contributed by atoms with E-state index < -0.39 is 11.9 Å². The van der Waals surface area contributed by atoms with Gasteiger partial charge < -0.3 is 11.1 Å². The Labute approximate surface area is 145 Å². The molecule has 3 aromatic rings. The van der Waals surface area contributed by atoms with Crippen molar-refractivity contribution >= 4 is 22.7 Å². The summed E-state index contributed by atoms with van der Waals surface area (Å²) < 4.78 is 0. The monoisotopic (exact) mass is 333 g/mol. The van der Waals surface area contributed by atoms with Gasteiger partial charge in [-0.1, -0.05) is 48.5 Å². The van der Waals surface area contributed by atoms with Crippen LogP contribution >= 0.6 is 0 Å². The third-order valence-electron chi connectivity index (χ3n) is 4.11. The summed E-state index contributed by atoms with van der Waals surface area (Å²) in [7, 11) is 0. The normalized spacial score (nSPS) is 11.8. The highest BCUT2D eigenvalue weighted by atomic mass is 16.2. The predicted octanol–water partition coefficient (Wildman–Crippen LogP) is 2.45. The van der Waals surface area contributed by atoms with E-state index >= 15 is 0 Å². The molecule has 1 atom stereocenters. The molecule has 0 fully saturated rings. The minimum Gasteiger partial charge on any atom is -0.368 e. The second-order valence-corrected chi connectivity index (χ2v) is 5.83. The smallest absolute Gasteiger partial charge is 0.252 e. The van der Waals surface area contributed by atoms with Crippen molar-refractivity contribution in [1.82, 2.24) is 10.3 Å². The molecular formula is C20H19N3O2. The van der Waals surface area contributed by atoms with Crippen LogP contribution < -0.4 is 11.1 Å². The number of hydrogen-bond acceptors (Lipinski definition) is 3. The number of hydrogen-bond donors (Lipinski definition) is 2. The molecule has 5 nitrogen and oxygen atoms in total. The van der Waals surface area contributed by atoms with E-state index in [1.54, 1.807) is 12.3 Å². The average Bonchev–Trinajstić information content (AvgIpc) is 2.65. The molecule has 0 radical (unpaired) electrons. The van der Waals surface area contributed by atoms with E-state index in [2.05, 4.69) is 10.3 Å². The van der Waals surface area contributed by atoms with Crippen molar-refractivity contribution in [1.29, 1.82) is 0 Å². The maximum Gasteiger partial charge on any atom is 0.252 e. The van der Waals surface area contributed by atoms with Gasteiger partial charge in [0.05, 0.1) is 11.1 Å². The van der Waals surface area contributed by atoms with Crippen molar-refractivity contribution < 1.29 is 9.59 Å². The highest BCUT2D eigenvalue weighted by Crippen LogP contribution is 2.16. The van der Waals surface area contributed by atoms with E-state index in [1.807, 2.05) is 54.6 Å². The van der Waals surface area contributed by atoms with E-state index in [0.717, 1.165) is 16.5 Å². The van der Waals surface area contributed by atoms with Gasteiger partial charge in [0.2, 0.25) is 5.91 Å². The van der Waals surface area contributed by atoms with Crippen LogP contribution in [0.3, 0.4) is 0 Å². The first-order valence-electron chi connectivity index (χ1n) is 8.13. The third-order valence-corrected chi connectivity index (χ3v) is 4.11. The van der Waals surface area contributed by atoms with E-state index in [4.69, 9.17) is 5.73 Å².